The van der Waals surface area contributed by atoms with E-state index in [1.54, 1.807) is 12.1 Å². The predicted octanol–water partition coefficient (Wildman–Crippen LogP) is 4.20. The van der Waals surface area contributed by atoms with Crippen LogP contribution in [0.3, 0.4) is 0 Å². The summed E-state index contributed by atoms with van der Waals surface area (Å²) in [6.07, 6.45) is 5.02. The van der Waals surface area contributed by atoms with Crippen LogP contribution in [0.15, 0.2) is 54.6 Å². The molecule has 1 aliphatic carbocycles. The van der Waals surface area contributed by atoms with Gasteiger partial charge in [-0.2, -0.15) is 0 Å². The minimum absolute atomic E-state index is 0.144. The van der Waals surface area contributed by atoms with Gasteiger partial charge in [0.05, 0.1) is 4.92 Å². The quantitative estimate of drug-likeness (QED) is 0.642. The van der Waals surface area contributed by atoms with Gasteiger partial charge in [-0.25, -0.2) is 0 Å². The molecule has 2 aromatic rings. The topological polar surface area (TPSA) is 55.2 Å². The van der Waals surface area contributed by atoms with Gasteiger partial charge in [-0.05, 0) is 24.0 Å². The molecule has 23 heavy (non-hydrogen) atoms. The Bertz CT molecular complexity index is 647. The molecular weight excluding hydrogens is 288 g/mol. The molecule has 0 bridgehead atoms. The van der Waals surface area contributed by atoms with Crippen molar-refractivity contribution in [3.8, 4) is 0 Å². The van der Waals surface area contributed by atoms with E-state index >= 15 is 0 Å². The molecule has 0 atom stereocenters. The SMILES string of the molecule is O=[N+]([O-])c1ccc(CNCC2(c3ccccc3)CCCC2)cc1. The van der Waals surface area contributed by atoms with Crippen LogP contribution < -0.4 is 5.32 Å². The summed E-state index contributed by atoms with van der Waals surface area (Å²) in [4.78, 5) is 10.3. The van der Waals surface area contributed by atoms with Crippen LogP contribution >= 0.6 is 0 Å². The Kier molecular flexibility index (Phi) is 4.72. The van der Waals surface area contributed by atoms with E-state index in [1.165, 1.54) is 31.2 Å². The van der Waals surface area contributed by atoms with Crippen molar-refractivity contribution in [2.75, 3.05) is 6.54 Å². The minimum atomic E-state index is -0.361. The minimum Gasteiger partial charge on any atom is -0.312 e. The Balaban J connectivity index is 1.63. The second-order valence-corrected chi connectivity index (χ2v) is 6.38. The average Bonchev–Trinajstić information content (AvgIpc) is 3.06. The number of hydrogen-bond donors (Lipinski definition) is 1. The molecule has 0 unspecified atom stereocenters. The first kappa shape index (κ1) is 15.7. The summed E-state index contributed by atoms with van der Waals surface area (Å²) in [5, 5.41) is 14.3. The number of nitrogens with one attached hydrogen (secondary N) is 1. The Morgan fingerprint density at radius 3 is 2.26 bits per heavy atom. The van der Waals surface area contributed by atoms with Gasteiger partial charge in [0.1, 0.15) is 0 Å². The zero-order valence-electron chi connectivity index (χ0n) is 13.2. The number of non-ortho nitro benzene ring substituents is 1. The average molecular weight is 310 g/mol. The monoisotopic (exact) mass is 310 g/mol. The van der Waals surface area contributed by atoms with E-state index in [0.717, 1.165) is 18.7 Å². The van der Waals surface area contributed by atoms with Crippen LogP contribution in [-0.2, 0) is 12.0 Å². The molecule has 4 heteroatoms. The molecular formula is C19H22N2O2. The number of benzene rings is 2. The van der Waals surface area contributed by atoms with Crippen LogP contribution in [0, 0.1) is 10.1 Å². The highest BCUT2D eigenvalue weighted by Gasteiger charge is 2.34. The van der Waals surface area contributed by atoms with Crippen LogP contribution in [0.5, 0.6) is 0 Å². The maximum atomic E-state index is 10.7. The highest BCUT2D eigenvalue weighted by Crippen LogP contribution is 2.40. The van der Waals surface area contributed by atoms with Gasteiger partial charge in [0.25, 0.3) is 5.69 Å². The molecule has 2 aromatic carbocycles. The maximum absolute atomic E-state index is 10.7. The number of nitro benzene ring substituents is 1. The van der Waals surface area contributed by atoms with E-state index in [2.05, 4.69) is 35.6 Å². The summed E-state index contributed by atoms with van der Waals surface area (Å²) >= 11 is 0. The Morgan fingerprint density at radius 1 is 1.00 bits per heavy atom. The summed E-state index contributed by atoms with van der Waals surface area (Å²) in [6.45, 7) is 1.70. The van der Waals surface area contributed by atoms with Crippen molar-refractivity contribution in [2.45, 2.75) is 37.6 Å². The Morgan fingerprint density at radius 2 is 1.65 bits per heavy atom. The van der Waals surface area contributed by atoms with Crippen molar-refractivity contribution in [3.05, 3.63) is 75.8 Å². The highest BCUT2D eigenvalue weighted by molar-refractivity contribution is 5.33. The third-order valence-corrected chi connectivity index (χ3v) is 4.89. The summed E-state index contributed by atoms with van der Waals surface area (Å²) in [7, 11) is 0. The van der Waals surface area contributed by atoms with Crippen molar-refractivity contribution in [2.24, 2.45) is 0 Å². The van der Waals surface area contributed by atoms with Gasteiger partial charge < -0.3 is 5.32 Å². The van der Waals surface area contributed by atoms with Crippen LogP contribution in [0.25, 0.3) is 0 Å². The van der Waals surface area contributed by atoms with E-state index in [9.17, 15) is 10.1 Å². The maximum Gasteiger partial charge on any atom is 0.269 e. The number of nitro groups is 1. The van der Waals surface area contributed by atoms with E-state index in [-0.39, 0.29) is 16.0 Å². The van der Waals surface area contributed by atoms with Crippen molar-refractivity contribution < 1.29 is 4.92 Å². The zero-order valence-corrected chi connectivity index (χ0v) is 13.2. The smallest absolute Gasteiger partial charge is 0.269 e. The summed E-state index contributed by atoms with van der Waals surface area (Å²) < 4.78 is 0. The number of rotatable bonds is 6. The van der Waals surface area contributed by atoms with Gasteiger partial charge in [-0.3, -0.25) is 10.1 Å². The van der Waals surface area contributed by atoms with Gasteiger partial charge >= 0.3 is 0 Å². The lowest BCUT2D eigenvalue weighted by atomic mass is 9.79. The highest BCUT2D eigenvalue weighted by atomic mass is 16.6. The number of hydrogen-bond acceptors (Lipinski definition) is 3. The van der Waals surface area contributed by atoms with Gasteiger partial charge in [0.2, 0.25) is 0 Å². The van der Waals surface area contributed by atoms with Crippen LogP contribution in [0.1, 0.15) is 36.8 Å². The van der Waals surface area contributed by atoms with Gasteiger partial charge in [0.15, 0.2) is 0 Å². The standard InChI is InChI=1S/C19H22N2O2/c22-21(23)18-10-8-16(9-11-18)14-20-15-19(12-4-5-13-19)17-6-2-1-3-7-17/h1-3,6-11,20H,4-5,12-15H2. The molecule has 1 saturated carbocycles. The molecule has 3 rings (SSSR count). The molecule has 4 nitrogen and oxygen atoms in total. The zero-order chi connectivity index (χ0) is 16.1. The Labute approximate surface area is 136 Å². The fourth-order valence-electron chi connectivity index (χ4n) is 3.59. The summed E-state index contributed by atoms with van der Waals surface area (Å²) in [5.41, 5.74) is 2.89. The van der Waals surface area contributed by atoms with Gasteiger partial charge in [-0.1, -0.05) is 55.3 Å². The first-order valence-corrected chi connectivity index (χ1v) is 8.19. The molecule has 0 spiro atoms. The molecule has 0 aromatic heterocycles. The first-order valence-electron chi connectivity index (χ1n) is 8.19. The molecule has 0 saturated heterocycles. The predicted molar refractivity (Wildman–Crippen MR) is 91.4 cm³/mol. The molecule has 0 aliphatic heterocycles. The third kappa shape index (κ3) is 3.59. The molecule has 120 valence electrons. The summed E-state index contributed by atoms with van der Waals surface area (Å²) in [6, 6.07) is 17.6. The van der Waals surface area contributed by atoms with Crippen LogP contribution in [-0.4, -0.2) is 11.5 Å². The molecule has 1 fully saturated rings. The van der Waals surface area contributed by atoms with E-state index in [1.807, 2.05) is 12.1 Å². The normalized spacial score (nSPS) is 16.3. The lowest BCUT2D eigenvalue weighted by Gasteiger charge is -2.30. The van der Waals surface area contributed by atoms with E-state index < -0.39 is 0 Å². The third-order valence-electron chi connectivity index (χ3n) is 4.89. The van der Waals surface area contributed by atoms with Crippen molar-refractivity contribution in [1.29, 1.82) is 0 Å². The fraction of sp³-hybridized carbons (Fsp3) is 0.368. The molecule has 0 heterocycles. The van der Waals surface area contributed by atoms with Crippen LogP contribution in [0.2, 0.25) is 0 Å². The Hall–Kier alpha value is -2.20. The lowest BCUT2D eigenvalue weighted by molar-refractivity contribution is -0.384. The fourth-order valence-corrected chi connectivity index (χ4v) is 3.59. The van der Waals surface area contributed by atoms with Crippen molar-refractivity contribution in [1.82, 2.24) is 5.32 Å². The molecule has 0 amide bonds. The lowest BCUT2D eigenvalue weighted by Crippen LogP contribution is -2.35. The number of nitrogens with zero attached hydrogens (tertiary/aromatic N) is 1. The second kappa shape index (κ2) is 6.92. The molecule has 1 N–H and O–H groups in total. The molecule has 0 radical (unpaired) electrons. The largest absolute Gasteiger partial charge is 0.312 e. The van der Waals surface area contributed by atoms with Gasteiger partial charge in [-0.15, -0.1) is 0 Å². The van der Waals surface area contributed by atoms with Crippen molar-refractivity contribution >= 4 is 5.69 Å². The summed E-state index contributed by atoms with van der Waals surface area (Å²) in [5.74, 6) is 0. The van der Waals surface area contributed by atoms with Crippen LogP contribution in [0.4, 0.5) is 5.69 Å². The molecule has 1 aliphatic rings. The van der Waals surface area contributed by atoms with Gasteiger partial charge in [0, 0.05) is 30.6 Å². The van der Waals surface area contributed by atoms with E-state index in [4.69, 9.17) is 0 Å². The first-order chi connectivity index (χ1) is 11.2. The second-order valence-electron chi connectivity index (χ2n) is 6.38. The van der Waals surface area contributed by atoms with Crippen molar-refractivity contribution in [3.63, 3.8) is 0 Å². The van der Waals surface area contributed by atoms with E-state index in [0.29, 0.717) is 0 Å².